The molecule has 0 spiro atoms. The largest absolute Gasteiger partial charge is 0.427 e. The molecule has 0 aliphatic carbocycles. The summed E-state index contributed by atoms with van der Waals surface area (Å²) in [6.45, 7) is 8.70. The zero-order valence-electron chi connectivity index (χ0n) is 15.3. The predicted molar refractivity (Wildman–Crippen MR) is 102 cm³/mol. The Morgan fingerprint density at radius 2 is 1.81 bits per heavy atom. The van der Waals surface area contributed by atoms with Gasteiger partial charge in [0.05, 0.1) is 5.56 Å². The van der Waals surface area contributed by atoms with E-state index in [0.29, 0.717) is 23.4 Å². The van der Waals surface area contributed by atoms with E-state index in [1.807, 2.05) is 6.07 Å². The van der Waals surface area contributed by atoms with Gasteiger partial charge in [0.25, 0.3) is 5.91 Å². The molecule has 0 atom stereocenters. The molecule has 2 aromatic rings. The van der Waals surface area contributed by atoms with Crippen molar-refractivity contribution in [3.8, 4) is 0 Å². The highest BCUT2D eigenvalue weighted by Crippen LogP contribution is 2.15. The molecule has 3 rings (SSSR count). The van der Waals surface area contributed by atoms with Crippen LogP contribution in [0.15, 0.2) is 45.6 Å². The van der Waals surface area contributed by atoms with E-state index in [1.54, 1.807) is 13.8 Å². The number of hydrogen-bond donors (Lipinski definition) is 1. The van der Waals surface area contributed by atoms with Gasteiger partial charge in [-0.25, -0.2) is 4.79 Å². The van der Waals surface area contributed by atoms with Crippen molar-refractivity contribution in [2.45, 2.75) is 13.8 Å². The minimum absolute atomic E-state index is 0.188. The molecule has 6 heteroatoms. The molecule has 1 aliphatic heterocycles. The highest BCUT2D eigenvalue weighted by atomic mass is 16.4. The Hall–Kier alpha value is -2.60. The molecule has 1 N–H and O–H groups in total. The van der Waals surface area contributed by atoms with E-state index in [-0.39, 0.29) is 5.91 Å². The highest BCUT2D eigenvalue weighted by Gasteiger charge is 2.18. The number of para-hydroxylation sites is 1. The van der Waals surface area contributed by atoms with Crippen LogP contribution in [0.25, 0.3) is 0 Å². The van der Waals surface area contributed by atoms with Crippen LogP contribution >= 0.6 is 0 Å². The van der Waals surface area contributed by atoms with Gasteiger partial charge in [-0.1, -0.05) is 18.2 Å². The minimum Gasteiger partial charge on any atom is -0.427 e. The monoisotopic (exact) mass is 355 g/mol. The number of piperazine rings is 1. The minimum atomic E-state index is -0.423. The molecule has 1 fully saturated rings. The van der Waals surface area contributed by atoms with Crippen molar-refractivity contribution in [2.75, 3.05) is 44.2 Å². The van der Waals surface area contributed by atoms with Crippen LogP contribution in [0.3, 0.4) is 0 Å². The van der Waals surface area contributed by atoms with Gasteiger partial charge in [0.1, 0.15) is 5.76 Å². The third kappa shape index (κ3) is 4.32. The Morgan fingerprint density at radius 1 is 1.12 bits per heavy atom. The van der Waals surface area contributed by atoms with Gasteiger partial charge >= 0.3 is 5.63 Å². The molecule has 0 bridgehead atoms. The molecule has 1 amide bonds. The molecule has 26 heavy (non-hydrogen) atoms. The van der Waals surface area contributed by atoms with Crippen molar-refractivity contribution < 1.29 is 9.21 Å². The number of nitrogens with zero attached hydrogens (tertiary/aromatic N) is 2. The van der Waals surface area contributed by atoms with Gasteiger partial charge in [-0.2, -0.15) is 0 Å². The summed E-state index contributed by atoms with van der Waals surface area (Å²) >= 11 is 0. The van der Waals surface area contributed by atoms with Crippen LogP contribution in [0.1, 0.15) is 21.7 Å². The second-order valence-corrected chi connectivity index (χ2v) is 6.60. The third-order valence-corrected chi connectivity index (χ3v) is 4.77. The highest BCUT2D eigenvalue weighted by molar-refractivity contribution is 5.96. The lowest BCUT2D eigenvalue weighted by molar-refractivity contribution is 0.0943. The number of anilines is 1. The van der Waals surface area contributed by atoms with Gasteiger partial charge in [0.15, 0.2) is 0 Å². The average molecular weight is 355 g/mol. The molecule has 1 saturated heterocycles. The van der Waals surface area contributed by atoms with Crippen molar-refractivity contribution >= 4 is 11.6 Å². The van der Waals surface area contributed by atoms with Gasteiger partial charge in [-0.05, 0) is 31.5 Å². The maximum Gasteiger partial charge on any atom is 0.336 e. The van der Waals surface area contributed by atoms with Gasteiger partial charge in [0, 0.05) is 51.0 Å². The number of benzene rings is 1. The molecule has 1 aromatic carbocycles. The van der Waals surface area contributed by atoms with Crippen molar-refractivity contribution in [2.24, 2.45) is 0 Å². The summed E-state index contributed by atoms with van der Waals surface area (Å²) < 4.78 is 5.03. The lowest BCUT2D eigenvalue weighted by atomic mass is 10.1. The molecular formula is C20H25N3O3. The van der Waals surface area contributed by atoms with Gasteiger partial charge < -0.3 is 14.6 Å². The summed E-state index contributed by atoms with van der Waals surface area (Å²) in [5.74, 6) is 0.177. The van der Waals surface area contributed by atoms with E-state index in [0.717, 1.165) is 32.7 Å². The summed E-state index contributed by atoms with van der Waals surface area (Å²) in [5.41, 5.74) is 1.94. The lowest BCUT2D eigenvalue weighted by Crippen LogP contribution is -2.48. The van der Waals surface area contributed by atoms with Crippen molar-refractivity contribution in [1.82, 2.24) is 10.2 Å². The smallest absolute Gasteiger partial charge is 0.336 e. The van der Waals surface area contributed by atoms with Crippen LogP contribution in [-0.4, -0.2) is 50.1 Å². The number of carbonyl (C=O) groups excluding carboxylic acids is 1. The van der Waals surface area contributed by atoms with Crippen LogP contribution in [0.2, 0.25) is 0 Å². The summed E-state index contributed by atoms with van der Waals surface area (Å²) in [4.78, 5) is 28.4. The van der Waals surface area contributed by atoms with Crippen LogP contribution in [-0.2, 0) is 0 Å². The van der Waals surface area contributed by atoms with Crippen molar-refractivity contribution in [3.05, 3.63) is 63.7 Å². The van der Waals surface area contributed by atoms with Crippen LogP contribution in [0.4, 0.5) is 5.69 Å². The number of carbonyl (C=O) groups is 1. The number of rotatable bonds is 5. The molecule has 138 valence electrons. The molecule has 2 heterocycles. The third-order valence-electron chi connectivity index (χ3n) is 4.77. The SMILES string of the molecule is Cc1cc(=O)oc(C)c1C(=O)NCCN1CCN(c2ccccc2)CC1. The number of nitrogens with one attached hydrogen (secondary N) is 1. The maximum absolute atomic E-state index is 12.4. The van der Waals surface area contributed by atoms with Crippen molar-refractivity contribution in [1.29, 1.82) is 0 Å². The van der Waals surface area contributed by atoms with E-state index in [9.17, 15) is 9.59 Å². The van der Waals surface area contributed by atoms with Gasteiger partial charge in [0.2, 0.25) is 0 Å². The summed E-state index contributed by atoms with van der Waals surface area (Å²) in [6.07, 6.45) is 0. The Kier molecular flexibility index (Phi) is 5.73. The Bertz CT molecular complexity index is 783. The van der Waals surface area contributed by atoms with Crippen molar-refractivity contribution in [3.63, 3.8) is 0 Å². The summed E-state index contributed by atoms with van der Waals surface area (Å²) in [5, 5.41) is 2.93. The van der Waals surface area contributed by atoms with Crippen LogP contribution < -0.4 is 15.8 Å². The quantitative estimate of drug-likeness (QED) is 0.886. The van der Waals surface area contributed by atoms with E-state index >= 15 is 0 Å². The molecule has 1 aromatic heterocycles. The topological polar surface area (TPSA) is 65.8 Å². The number of aryl methyl sites for hydroxylation is 2. The predicted octanol–water partition coefficient (Wildman–Crippen LogP) is 1.81. The molecule has 1 aliphatic rings. The normalized spacial score (nSPS) is 15.1. The fourth-order valence-corrected chi connectivity index (χ4v) is 3.38. The van der Waals surface area contributed by atoms with E-state index in [1.165, 1.54) is 11.8 Å². The Labute approximate surface area is 153 Å². The van der Waals surface area contributed by atoms with Crippen LogP contribution in [0.5, 0.6) is 0 Å². The van der Waals surface area contributed by atoms with Gasteiger partial charge in [-0.3, -0.25) is 9.69 Å². The van der Waals surface area contributed by atoms with Crippen LogP contribution in [0, 0.1) is 13.8 Å². The molecule has 0 radical (unpaired) electrons. The first-order valence-electron chi connectivity index (χ1n) is 8.96. The molecule has 0 saturated carbocycles. The lowest BCUT2D eigenvalue weighted by Gasteiger charge is -2.36. The zero-order valence-corrected chi connectivity index (χ0v) is 15.3. The molecule has 6 nitrogen and oxygen atoms in total. The van der Waals surface area contributed by atoms with E-state index < -0.39 is 5.63 Å². The fourth-order valence-electron chi connectivity index (χ4n) is 3.38. The Balaban J connectivity index is 1.46. The average Bonchev–Trinajstić information content (AvgIpc) is 2.62. The first-order valence-corrected chi connectivity index (χ1v) is 8.96. The Morgan fingerprint density at radius 3 is 2.46 bits per heavy atom. The standard InChI is InChI=1S/C20H25N3O3/c1-15-14-18(24)26-16(2)19(15)20(25)21-8-9-22-10-12-23(13-11-22)17-6-4-3-5-7-17/h3-7,14H,8-13H2,1-2H3,(H,21,25). The fraction of sp³-hybridized carbons (Fsp3) is 0.400. The summed E-state index contributed by atoms with van der Waals surface area (Å²) in [7, 11) is 0. The zero-order chi connectivity index (χ0) is 18.5. The number of hydrogen-bond acceptors (Lipinski definition) is 5. The first kappa shape index (κ1) is 18.2. The number of amides is 1. The summed E-state index contributed by atoms with van der Waals surface area (Å²) in [6, 6.07) is 11.8. The first-order chi connectivity index (χ1) is 12.5. The second-order valence-electron chi connectivity index (χ2n) is 6.60. The molecule has 0 unspecified atom stereocenters. The maximum atomic E-state index is 12.4. The second kappa shape index (κ2) is 8.19. The molecular weight excluding hydrogens is 330 g/mol. The van der Waals surface area contributed by atoms with Gasteiger partial charge in [-0.15, -0.1) is 0 Å². The van der Waals surface area contributed by atoms with E-state index in [2.05, 4.69) is 39.4 Å². The van der Waals surface area contributed by atoms with E-state index in [4.69, 9.17) is 4.42 Å².